The van der Waals surface area contributed by atoms with Gasteiger partial charge >= 0.3 is 0 Å². The van der Waals surface area contributed by atoms with E-state index in [0.29, 0.717) is 0 Å². The summed E-state index contributed by atoms with van der Waals surface area (Å²) in [6.45, 7) is 2.56. The van der Waals surface area contributed by atoms with Gasteiger partial charge in [-0.15, -0.1) is 23.5 Å². The van der Waals surface area contributed by atoms with Crippen molar-refractivity contribution < 1.29 is 4.79 Å². The highest BCUT2D eigenvalue weighted by atomic mass is 32.2. The molecule has 0 aromatic rings. The van der Waals surface area contributed by atoms with Gasteiger partial charge in [0.15, 0.2) is 0 Å². The molecule has 0 atom stereocenters. The number of carbonyl (C=O) groups is 1. The summed E-state index contributed by atoms with van der Waals surface area (Å²) in [5.74, 6) is 2.17. The molecular formula is C6H11NOS2. The van der Waals surface area contributed by atoms with Gasteiger partial charge in [0.25, 0.3) is 0 Å². The number of amides is 1. The van der Waals surface area contributed by atoms with Crippen molar-refractivity contribution in [3.8, 4) is 0 Å². The Morgan fingerprint density at radius 3 is 3.00 bits per heavy atom. The van der Waals surface area contributed by atoms with E-state index in [9.17, 15) is 4.79 Å². The van der Waals surface area contributed by atoms with Crippen LogP contribution in [0.5, 0.6) is 0 Å². The van der Waals surface area contributed by atoms with Crippen LogP contribution >= 0.6 is 23.5 Å². The molecule has 2 nitrogen and oxygen atoms in total. The van der Waals surface area contributed by atoms with Crippen LogP contribution in [0.15, 0.2) is 0 Å². The smallest absolute Gasteiger partial charge is 0.220 e. The van der Waals surface area contributed by atoms with E-state index >= 15 is 0 Å². The van der Waals surface area contributed by atoms with Gasteiger partial charge in [0, 0.05) is 24.3 Å². The summed E-state index contributed by atoms with van der Waals surface area (Å²) >= 11 is 3.73. The molecule has 1 saturated heterocycles. The largest absolute Gasteiger partial charge is 0.333 e. The predicted octanol–water partition coefficient (Wildman–Crippen LogP) is 1.23. The minimum Gasteiger partial charge on any atom is -0.333 e. The zero-order valence-corrected chi connectivity index (χ0v) is 7.63. The van der Waals surface area contributed by atoms with Crippen molar-refractivity contribution >= 4 is 29.4 Å². The Morgan fingerprint density at radius 1 is 1.50 bits per heavy atom. The van der Waals surface area contributed by atoms with Crippen LogP contribution < -0.4 is 0 Å². The van der Waals surface area contributed by atoms with E-state index in [0.717, 1.165) is 23.3 Å². The van der Waals surface area contributed by atoms with Gasteiger partial charge in [-0.3, -0.25) is 4.79 Å². The van der Waals surface area contributed by atoms with Gasteiger partial charge in [0.1, 0.15) is 0 Å². The van der Waals surface area contributed by atoms with Crippen molar-refractivity contribution in [3.63, 3.8) is 0 Å². The van der Waals surface area contributed by atoms with Crippen molar-refractivity contribution in [2.24, 2.45) is 0 Å². The Hall–Kier alpha value is 0.170. The molecule has 10 heavy (non-hydrogen) atoms. The Morgan fingerprint density at radius 2 is 2.30 bits per heavy atom. The molecule has 58 valence electrons. The highest BCUT2D eigenvalue weighted by Gasteiger charge is 2.10. The second-order valence-corrected chi connectivity index (χ2v) is 4.57. The van der Waals surface area contributed by atoms with Crippen molar-refractivity contribution in [3.05, 3.63) is 0 Å². The van der Waals surface area contributed by atoms with Gasteiger partial charge in [-0.25, -0.2) is 0 Å². The first-order valence-electron chi connectivity index (χ1n) is 3.21. The van der Waals surface area contributed by atoms with Crippen molar-refractivity contribution in [2.75, 3.05) is 23.3 Å². The van der Waals surface area contributed by atoms with Gasteiger partial charge < -0.3 is 4.90 Å². The minimum absolute atomic E-state index is 0.204. The van der Waals surface area contributed by atoms with Gasteiger partial charge in [-0.1, -0.05) is 0 Å². The zero-order chi connectivity index (χ0) is 7.40. The van der Waals surface area contributed by atoms with Crippen LogP contribution in [0.2, 0.25) is 0 Å². The van der Waals surface area contributed by atoms with E-state index in [-0.39, 0.29) is 5.91 Å². The molecule has 0 saturated carbocycles. The standard InChI is InChI=1S/C6H11NOS2/c1-6(8)7-2-3-9-5-10-4-7/h2-5H2,1H3. The lowest BCUT2D eigenvalue weighted by Gasteiger charge is -2.16. The SMILES string of the molecule is CC(=O)N1CCSCSC1. The predicted molar refractivity (Wildman–Crippen MR) is 47.2 cm³/mol. The first kappa shape index (κ1) is 8.27. The van der Waals surface area contributed by atoms with E-state index < -0.39 is 0 Å². The second kappa shape index (κ2) is 4.13. The molecule has 1 fully saturated rings. The molecule has 0 spiro atoms. The lowest BCUT2D eigenvalue weighted by atomic mass is 10.5. The Balaban J connectivity index is 2.35. The van der Waals surface area contributed by atoms with Crippen molar-refractivity contribution in [1.29, 1.82) is 0 Å². The number of rotatable bonds is 0. The van der Waals surface area contributed by atoms with E-state index in [1.807, 2.05) is 28.4 Å². The van der Waals surface area contributed by atoms with Gasteiger partial charge in [-0.2, -0.15) is 0 Å². The monoisotopic (exact) mass is 177 g/mol. The fraction of sp³-hybridized carbons (Fsp3) is 0.833. The molecule has 1 aliphatic heterocycles. The molecule has 4 heteroatoms. The molecule has 0 aliphatic carbocycles. The highest BCUT2D eigenvalue weighted by Crippen LogP contribution is 2.17. The average molecular weight is 177 g/mol. The molecule has 1 amide bonds. The van der Waals surface area contributed by atoms with Gasteiger partial charge in [-0.05, 0) is 0 Å². The van der Waals surface area contributed by atoms with Crippen LogP contribution in [-0.4, -0.2) is 34.1 Å². The summed E-state index contributed by atoms with van der Waals surface area (Å²) in [4.78, 5) is 12.7. The first-order valence-corrected chi connectivity index (χ1v) is 5.52. The molecular weight excluding hydrogens is 166 g/mol. The molecule has 1 aliphatic rings. The number of nitrogens with zero attached hydrogens (tertiary/aromatic N) is 1. The van der Waals surface area contributed by atoms with E-state index in [4.69, 9.17) is 0 Å². The summed E-state index contributed by atoms with van der Waals surface area (Å²) < 4.78 is 0. The Labute approximate surface area is 69.7 Å². The topological polar surface area (TPSA) is 20.3 Å². The second-order valence-electron chi connectivity index (χ2n) is 2.14. The quantitative estimate of drug-likeness (QED) is 0.555. The number of thioether (sulfide) groups is 2. The maximum Gasteiger partial charge on any atom is 0.220 e. The van der Waals surface area contributed by atoms with E-state index in [2.05, 4.69) is 0 Å². The third-order valence-corrected chi connectivity index (χ3v) is 3.66. The number of hydrogen-bond acceptors (Lipinski definition) is 3. The molecule has 0 radical (unpaired) electrons. The normalized spacial score (nSPS) is 20.3. The Bertz CT molecular complexity index is 121. The lowest BCUT2D eigenvalue weighted by Crippen LogP contribution is -2.29. The minimum atomic E-state index is 0.204. The highest BCUT2D eigenvalue weighted by molar-refractivity contribution is 8.16. The fourth-order valence-electron chi connectivity index (χ4n) is 0.753. The maximum atomic E-state index is 10.9. The molecule has 0 aromatic heterocycles. The van der Waals surface area contributed by atoms with Crippen LogP contribution in [0.25, 0.3) is 0 Å². The van der Waals surface area contributed by atoms with Crippen molar-refractivity contribution in [1.82, 2.24) is 4.90 Å². The van der Waals surface area contributed by atoms with E-state index in [1.165, 1.54) is 0 Å². The summed E-state index contributed by atoms with van der Waals surface area (Å²) in [6.07, 6.45) is 0. The summed E-state index contributed by atoms with van der Waals surface area (Å²) in [5, 5.41) is 1.13. The first-order chi connectivity index (χ1) is 4.80. The third kappa shape index (κ3) is 2.42. The lowest BCUT2D eigenvalue weighted by molar-refractivity contribution is -0.127. The van der Waals surface area contributed by atoms with Crippen LogP contribution in [0.4, 0.5) is 0 Å². The number of carbonyl (C=O) groups excluding carboxylic acids is 1. The van der Waals surface area contributed by atoms with Gasteiger partial charge in [0.2, 0.25) is 5.91 Å². The average Bonchev–Trinajstić information content (AvgIpc) is 2.12. The summed E-state index contributed by atoms with van der Waals surface area (Å²) in [7, 11) is 0. The van der Waals surface area contributed by atoms with Gasteiger partial charge in [0.05, 0.1) is 5.88 Å². The molecule has 0 unspecified atom stereocenters. The zero-order valence-electron chi connectivity index (χ0n) is 6.00. The molecule has 0 bridgehead atoms. The molecule has 0 N–H and O–H groups in total. The fourth-order valence-corrected chi connectivity index (χ4v) is 2.87. The van der Waals surface area contributed by atoms with Crippen LogP contribution in [0.3, 0.4) is 0 Å². The van der Waals surface area contributed by atoms with E-state index in [1.54, 1.807) is 6.92 Å². The van der Waals surface area contributed by atoms with Crippen LogP contribution in [0.1, 0.15) is 6.92 Å². The molecule has 1 rings (SSSR count). The molecule has 1 heterocycles. The summed E-state index contributed by atoms with van der Waals surface area (Å²) in [5.41, 5.74) is 0. The Kier molecular flexibility index (Phi) is 3.42. The van der Waals surface area contributed by atoms with Crippen molar-refractivity contribution in [2.45, 2.75) is 6.92 Å². The van der Waals surface area contributed by atoms with Crippen LogP contribution in [-0.2, 0) is 4.79 Å². The maximum absolute atomic E-state index is 10.9. The summed E-state index contributed by atoms with van der Waals surface area (Å²) in [6, 6.07) is 0. The number of hydrogen-bond donors (Lipinski definition) is 0. The van der Waals surface area contributed by atoms with Crippen LogP contribution in [0, 0.1) is 0 Å². The molecule has 0 aromatic carbocycles. The third-order valence-electron chi connectivity index (χ3n) is 1.36.